The van der Waals surface area contributed by atoms with Crippen LogP contribution in [0.5, 0.6) is 0 Å². The van der Waals surface area contributed by atoms with Crippen LogP contribution < -0.4 is 0 Å². The lowest BCUT2D eigenvalue weighted by atomic mass is 10.1. The van der Waals surface area contributed by atoms with Gasteiger partial charge in [-0.15, -0.1) is 0 Å². The highest BCUT2D eigenvalue weighted by atomic mass is 19.4. The molecule has 9 heteroatoms. The zero-order valence-corrected chi connectivity index (χ0v) is 14.6. The van der Waals surface area contributed by atoms with E-state index in [1.165, 1.54) is 6.33 Å². The molecule has 27 heavy (non-hydrogen) atoms. The normalized spacial score (nSPS) is 14.7. The average molecular weight is 377 g/mol. The van der Waals surface area contributed by atoms with Gasteiger partial charge in [-0.05, 0) is 30.9 Å². The summed E-state index contributed by atoms with van der Waals surface area (Å²) in [4.78, 5) is 25.1. The molecule has 1 saturated carbocycles. The standard InChI is InChI=1S/C18H18F3N5O/c1-25-8-12(15-13-4-5-22-16(13)24-10-23-15)6-14(25)17(27)26(7-11-2-3-11)9-18(19,20)21/h4-6,8,10-11H,2-3,7,9H2,1H3,(H,22,23,24). The molecule has 0 saturated heterocycles. The highest BCUT2D eigenvalue weighted by molar-refractivity contribution is 5.96. The minimum atomic E-state index is -4.43. The molecule has 3 heterocycles. The number of fused-ring (bicyclic) bond motifs is 1. The number of rotatable bonds is 5. The highest BCUT2D eigenvalue weighted by Gasteiger charge is 2.37. The van der Waals surface area contributed by atoms with Gasteiger partial charge < -0.3 is 14.5 Å². The van der Waals surface area contributed by atoms with E-state index in [-0.39, 0.29) is 18.2 Å². The van der Waals surface area contributed by atoms with E-state index in [1.54, 1.807) is 30.1 Å². The van der Waals surface area contributed by atoms with Gasteiger partial charge >= 0.3 is 6.18 Å². The van der Waals surface area contributed by atoms with Crippen LogP contribution in [-0.2, 0) is 7.05 Å². The average Bonchev–Trinajstić information content (AvgIpc) is 3.14. The van der Waals surface area contributed by atoms with Gasteiger partial charge in [0.15, 0.2) is 0 Å². The summed E-state index contributed by atoms with van der Waals surface area (Å²) >= 11 is 0. The van der Waals surface area contributed by atoms with Crippen LogP contribution in [0.4, 0.5) is 13.2 Å². The third-order valence-electron chi connectivity index (χ3n) is 4.68. The van der Waals surface area contributed by atoms with Crippen molar-refractivity contribution >= 4 is 16.9 Å². The number of nitrogens with one attached hydrogen (secondary N) is 1. The van der Waals surface area contributed by atoms with Crippen molar-refractivity contribution in [2.45, 2.75) is 19.0 Å². The molecular formula is C18H18F3N5O. The van der Waals surface area contributed by atoms with Crippen molar-refractivity contribution in [2.75, 3.05) is 13.1 Å². The summed E-state index contributed by atoms with van der Waals surface area (Å²) < 4.78 is 40.4. The van der Waals surface area contributed by atoms with Gasteiger partial charge in [-0.3, -0.25) is 4.79 Å². The molecule has 3 aromatic heterocycles. The Balaban J connectivity index is 1.67. The number of aryl methyl sites for hydroxylation is 1. The first-order valence-corrected chi connectivity index (χ1v) is 8.62. The number of aromatic amines is 1. The van der Waals surface area contributed by atoms with Crippen LogP contribution in [0.25, 0.3) is 22.3 Å². The second-order valence-electron chi connectivity index (χ2n) is 6.93. The van der Waals surface area contributed by atoms with Crippen LogP contribution in [0.2, 0.25) is 0 Å². The molecule has 1 fully saturated rings. The molecule has 6 nitrogen and oxygen atoms in total. The summed E-state index contributed by atoms with van der Waals surface area (Å²) in [6.07, 6.45) is 2.15. The van der Waals surface area contributed by atoms with Gasteiger partial charge in [-0.25, -0.2) is 9.97 Å². The molecule has 0 aromatic carbocycles. The van der Waals surface area contributed by atoms with E-state index in [1.807, 2.05) is 6.07 Å². The Bertz CT molecular complexity index is 986. The molecular weight excluding hydrogens is 359 g/mol. The summed E-state index contributed by atoms with van der Waals surface area (Å²) in [5.74, 6) is -0.454. The van der Waals surface area contributed by atoms with Crippen LogP contribution >= 0.6 is 0 Å². The fourth-order valence-electron chi connectivity index (χ4n) is 3.22. The first kappa shape index (κ1) is 17.6. The maximum Gasteiger partial charge on any atom is 0.406 e. The number of alkyl halides is 3. The lowest BCUT2D eigenvalue weighted by Gasteiger charge is -2.24. The lowest BCUT2D eigenvalue weighted by molar-refractivity contribution is -0.141. The molecule has 0 bridgehead atoms. The number of carbonyl (C=O) groups is 1. The van der Waals surface area contributed by atoms with Gasteiger partial charge in [-0.2, -0.15) is 13.2 Å². The van der Waals surface area contributed by atoms with E-state index in [2.05, 4.69) is 15.0 Å². The number of H-pyrrole nitrogens is 1. The van der Waals surface area contributed by atoms with Gasteiger partial charge in [-0.1, -0.05) is 0 Å². The lowest BCUT2D eigenvalue weighted by Crippen LogP contribution is -2.40. The number of carbonyl (C=O) groups excluding carboxylic acids is 1. The van der Waals surface area contributed by atoms with E-state index in [9.17, 15) is 18.0 Å². The number of amides is 1. The van der Waals surface area contributed by atoms with E-state index < -0.39 is 18.6 Å². The molecule has 142 valence electrons. The Morgan fingerprint density at radius 2 is 2.15 bits per heavy atom. The minimum absolute atomic E-state index is 0.133. The van der Waals surface area contributed by atoms with E-state index in [0.29, 0.717) is 16.9 Å². The smallest absolute Gasteiger partial charge is 0.346 e. The van der Waals surface area contributed by atoms with Crippen molar-refractivity contribution in [2.24, 2.45) is 13.0 Å². The Labute approximate surface area is 153 Å². The number of hydrogen-bond donors (Lipinski definition) is 1. The van der Waals surface area contributed by atoms with E-state index >= 15 is 0 Å². The monoisotopic (exact) mass is 377 g/mol. The fourth-order valence-corrected chi connectivity index (χ4v) is 3.22. The second kappa shape index (κ2) is 6.40. The van der Waals surface area contributed by atoms with E-state index in [4.69, 9.17) is 0 Å². The number of hydrogen-bond acceptors (Lipinski definition) is 3. The van der Waals surface area contributed by atoms with Crippen LogP contribution in [0, 0.1) is 5.92 Å². The Hall–Kier alpha value is -2.84. The molecule has 0 unspecified atom stereocenters. The molecule has 0 aliphatic heterocycles. The van der Waals surface area contributed by atoms with Crippen LogP contribution in [0.15, 0.2) is 30.9 Å². The maximum atomic E-state index is 12.9. The van der Waals surface area contributed by atoms with E-state index in [0.717, 1.165) is 23.1 Å². The van der Waals surface area contributed by atoms with Gasteiger partial charge in [0.25, 0.3) is 5.91 Å². The molecule has 1 aliphatic rings. The minimum Gasteiger partial charge on any atom is -0.346 e. The Morgan fingerprint density at radius 1 is 1.37 bits per heavy atom. The number of halogens is 3. The van der Waals surface area contributed by atoms with Crippen LogP contribution in [0.1, 0.15) is 23.3 Å². The fraction of sp³-hybridized carbons (Fsp3) is 0.389. The second-order valence-corrected chi connectivity index (χ2v) is 6.93. The quantitative estimate of drug-likeness (QED) is 0.741. The predicted molar refractivity (Wildman–Crippen MR) is 93.0 cm³/mol. The molecule has 1 aliphatic carbocycles. The van der Waals surface area contributed by atoms with Crippen molar-refractivity contribution in [1.82, 2.24) is 24.4 Å². The molecule has 4 rings (SSSR count). The first-order chi connectivity index (χ1) is 12.8. The maximum absolute atomic E-state index is 12.9. The van der Waals surface area contributed by atoms with Gasteiger partial charge in [0.1, 0.15) is 24.2 Å². The molecule has 1 N–H and O–H groups in total. The summed E-state index contributed by atoms with van der Waals surface area (Å²) in [5.41, 5.74) is 2.15. The van der Waals surface area contributed by atoms with Crippen LogP contribution in [0.3, 0.4) is 0 Å². The molecule has 1 amide bonds. The van der Waals surface area contributed by atoms with Crippen molar-refractivity contribution in [3.8, 4) is 11.3 Å². The van der Waals surface area contributed by atoms with Crippen molar-refractivity contribution in [3.63, 3.8) is 0 Å². The third kappa shape index (κ3) is 3.67. The van der Waals surface area contributed by atoms with Crippen molar-refractivity contribution in [1.29, 1.82) is 0 Å². The zero-order chi connectivity index (χ0) is 19.2. The summed E-state index contributed by atoms with van der Waals surface area (Å²) in [6.45, 7) is -1.10. The molecule has 3 aromatic rings. The Kier molecular flexibility index (Phi) is 4.16. The Morgan fingerprint density at radius 3 is 2.85 bits per heavy atom. The molecule has 0 atom stereocenters. The SMILES string of the molecule is Cn1cc(-c2ncnc3[nH]ccc23)cc1C(=O)N(CC1CC1)CC(F)(F)F. The van der Waals surface area contributed by atoms with Crippen molar-refractivity contribution < 1.29 is 18.0 Å². The topological polar surface area (TPSA) is 66.8 Å². The highest BCUT2D eigenvalue weighted by Crippen LogP contribution is 2.32. The predicted octanol–water partition coefficient (Wildman–Crippen LogP) is 3.38. The molecule has 0 radical (unpaired) electrons. The summed E-state index contributed by atoms with van der Waals surface area (Å²) in [7, 11) is 1.65. The summed E-state index contributed by atoms with van der Waals surface area (Å²) in [6, 6.07) is 3.41. The third-order valence-corrected chi connectivity index (χ3v) is 4.68. The van der Waals surface area contributed by atoms with Crippen molar-refractivity contribution in [3.05, 3.63) is 36.5 Å². The van der Waals surface area contributed by atoms with Crippen LogP contribution in [-0.4, -0.2) is 49.6 Å². The van der Waals surface area contributed by atoms with Gasteiger partial charge in [0.2, 0.25) is 0 Å². The molecule has 0 spiro atoms. The first-order valence-electron chi connectivity index (χ1n) is 8.62. The van der Waals surface area contributed by atoms with Gasteiger partial charge in [0.05, 0.1) is 5.69 Å². The largest absolute Gasteiger partial charge is 0.406 e. The number of nitrogens with zero attached hydrogens (tertiary/aromatic N) is 4. The summed E-state index contributed by atoms with van der Waals surface area (Å²) in [5, 5.41) is 0.784. The zero-order valence-electron chi connectivity index (χ0n) is 14.6. The van der Waals surface area contributed by atoms with Gasteiger partial charge in [0, 0.05) is 36.9 Å². The number of aromatic nitrogens is 4.